The van der Waals surface area contributed by atoms with Gasteiger partial charge in [-0.25, -0.2) is 0 Å². The molecular weight excluding hydrogens is 322 g/mol. The molecule has 2 aromatic rings. The lowest BCUT2D eigenvalue weighted by Gasteiger charge is -2.21. The maximum atomic E-state index is 12.5. The Morgan fingerprint density at radius 1 is 1.28 bits per heavy atom. The van der Waals surface area contributed by atoms with E-state index in [0.29, 0.717) is 6.54 Å². The number of hydrogen-bond donors (Lipinski definition) is 2. The minimum atomic E-state index is -0.507. The van der Waals surface area contributed by atoms with E-state index in [-0.39, 0.29) is 23.3 Å². The fraction of sp³-hybridized carbons (Fsp3) is 0.278. The van der Waals surface area contributed by atoms with E-state index >= 15 is 0 Å². The summed E-state index contributed by atoms with van der Waals surface area (Å²) in [7, 11) is 3.52. The lowest BCUT2D eigenvalue weighted by molar-refractivity contribution is -0.907. The topological polar surface area (TPSA) is 85.9 Å². The number of nitro groups is 1. The monoisotopic (exact) mass is 344 g/mol. The molecule has 132 valence electrons. The molecule has 1 unspecified atom stereocenters. The molecule has 0 radical (unpaired) electrons. The maximum absolute atomic E-state index is 12.5. The van der Waals surface area contributed by atoms with Crippen molar-refractivity contribution in [2.45, 2.75) is 19.5 Å². The molecule has 2 aromatic carbocycles. The number of hydrogen-bond acceptors (Lipinski definition) is 4. The van der Waals surface area contributed by atoms with E-state index in [1.807, 2.05) is 31.3 Å². The molecule has 2 N–H and O–H groups in total. The molecular formula is C18H22N3O4+. The van der Waals surface area contributed by atoms with Gasteiger partial charge < -0.3 is 15.0 Å². The van der Waals surface area contributed by atoms with Crippen LogP contribution in [0.4, 0.5) is 11.4 Å². The molecule has 0 aliphatic carbocycles. The Labute approximate surface area is 146 Å². The molecule has 0 aliphatic rings. The summed E-state index contributed by atoms with van der Waals surface area (Å²) in [5.74, 6) is 0.497. The number of rotatable bonds is 7. The summed E-state index contributed by atoms with van der Waals surface area (Å²) in [6, 6.07) is 13.4. The average molecular weight is 344 g/mol. The summed E-state index contributed by atoms with van der Waals surface area (Å²) < 4.78 is 5.21. The van der Waals surface area contributed by atoms with Gasteiger partial charge in [-0.15, -0.1) is 0 Å². The van der Waals surface area contributed by atoms with Gasteiger partial charge in [-0.1, -0.05) is 24.3 Å². The van der Waals surface area contributed by atoms with Crippen molar-refractivity contribution in [2.75, 3.05) is 19.5 Å². The first-order valence-electron chi connectivity index (χ1n) is 7.92. The van der Waals surface area contributed by atoms with Crippen molar-refractivity contribution < 1.29 is 19.4 Å². The van der Waals surface area contributed by atoms with Crippen LogP contribution in [0, 0.1) is 10.1 Å². The highest BCUT2D eigenvalue weighted by Gasteiger charge is 2.24. The van der Waals surface area contributed by atoms with Crippen molar-refractivity contribution >= 4 is 17.3 Å². The first-order valence-corrected chi connectivity index (χ1v) is 7.92. The predicted octanol–water partition coefficient (Wildman–Crippen LogP) is 1.65. The summed E-state index contributed by atoms with van der Waals surface area (Å²) in [5.41, 5.74) is 1.13. The Morgan fingerprint density at radius 3 is 2.68 bits per heavy atom. The molecule has 0 bridgehead atoms. The van der Waals surface area contributed by atoms with Crippen LogP contribution < -0.4 is 15.0 Å². The van der Waals surface area contributed by atoms with E-state index in [1.54, 1.807) is 26.2 Å². The van der Waals surface area contributed by atoms with Gasteiger partial charge >= 0.3 is 0 Å². The van der Waals surface area contributed by atoms with Crippen molar-refractivity contribution in [3.05, 3.63) is 64.2 Å². The second-order valence-electron chi connectivity index (χ2n) is 5.86. The van der Waals surface area contributed by atoms with E-state index < -0.39 is 4.92 Å². The molecule has 0 fully saturated rings. The molecule has 25 heavy (non-hydrogen) atoms. The van der Waals surface area contributed by atoms with Gasteiger partial charge in [-0.05, 0) is 25.1 Å². The smallest absolute Gasteiger partial charge is 0.292 e. The minimum absolute atomic E-state index is 0.117. The van der Waals surface area contributed by atoms with E-state index in [9.17, 15) is 14.9 Å². The number of nitrogens with zero attached hydrogens (tertiary/aromatic N) is 1. The quantitative estimate of drug-likeness (QED) is 0.591. The van der Waals surface area contributed by atoms with Crippen molar-refractivity contribution in [3.63, 3.8) is 0 Å². The number of amides is 1. The zero-order chi connectivity index (χ0) is 18.4. The fourth-order valence-electron chi connectivity index (χ4n) is 2.46. The Kier molecular flexibility index (Phi) is 6.08. The van der Waals surface area contributed by atoms with Gasteiger partial charge in [0.2, 0.25) is 0 Å². The largest absolute Gasteiger partial charge is 0.497 e. The van der Waals surface area contributed by atoms with Crippen LogP contribution in [0.3, 0.4) is 0 Å². The lowest BCUT2D eigenvalue weighted by atomic mass is 10.1. The lowest BCUT2D eigenvalue weighted by Crippen LogP contribution is -3.12. The number of likely N-dealkylation sites (N-methyl/N-ethyl adjacent to an activating group) is 1. The molecule has 0 saturated heterocycles. The highest BCUT2D eigenvalue weighted by Crippen LogP contribution is 2.23. The van der Waals surface area contributed by atoms with Crippen molar-refractivity contribution in [2.24, 2.45) is 0 Å². The number of benzene rings is 2. The summed E-state index contributed by atoms with van der Waals surface area (Å²) in [6.07, 6.45) is 0. The van der Waals surface area contributed by atoms with Gasteiger partial charge in [0.05, 0.1) is 19.1 Å². The second kappa shape index (κ2) is 8.25. The number of anilines is 1. The van der Waals surface area contributed by atoms with Crippen LogP contribution in [0.1, 0.15) is 12.5 Å². The number of para-hydroxylation sites is 2. The van der Waals surface area contributed by atoms with Gasteiger partial charge in [0.15, 0.2) is 6.04 Å². The minimum Gasteiger partial charge on any atom is -0.497 e. The molecule has 0 spiro atoms. The normalized spacial score (nSPS) is 12.9. The van der Waals surface area contributed by atoms with Gasteiger partial charge in [-0.2, -0.15) is 0 Å². The van der Waals surface area contributed by atoms with Gasteiger partial charge in [0, 0.05) is 11.6 Å². The van der Waals surface area contributed by atoms with E-state index in [2.05, 4.69) is 5.32 Å². The van der Waals surface area contributed by atoms with Crippen LogP contribution in [0.2, 0.25) is 0 Å². The molecule has 7 heteroatoms. The first-order chi connectivity index (χ1) is 11.9. The molecule has 2 rings (SSSR count). The zero-order valence-electron chi connectivity index (χ0n) is 14.5. The molecule has 7 nitrogen and oxygen atoms in total. The van der Waals surface area contributed by atoms with Crippen molar-refractivity contribution in [3.8, 4) is 5.75 Å². The highest BCUT2D eigenvalue weighted by molar-refractivity contribution is 5.95. The van der Waals surface area contributed by atoms with E-state index in [1.165, 1.54) is 12.1 Å². The van der Waals surface area contributed by atoms with Crippen LogP contribution in [0.15, 0.2) is 48.5 Å². The van der Waals surface area contributed by atoms with Crippen LogP contribution >= 0.6 is 0 Å². The Morgan fingerprint density at radius 2 is 2.00 bits per heavy atom. The summed E-state index contributed by atoms with van der Waals surface area (Å²) in [5, 5.41) is 13.7. The van der Waals surface area contributed by atoms with Crippen molar-refractivity contribution in [1.82, 2.24) is 0 Å². The van der Waals surface area contributed by atoms with Crippen LogP contribution in [0.25, 0.3) is 0 Å². The third-order valence-corrected chi connectivity index (χ3v) is 4.11. The van der Waals surface area contributed by atoms with E-state index in [0.717, 1.165) is 16.2 Å². The number of ether oxygens (including phenoxy) is 1. The van der Waals surface area contributed by atoms with Gasteiger partial charge in [-0.3, -0.25) is 14.9 Å². The Bertz CT molecular complexity index is 763. The van der Waals surface area contributed by atoms with Crippen LogP contribution in [0.5, 0.6) is 5.75 Å². The number of methoxy groups -OCH3 is 1. The third kappa shape index (κ3) is 4.77. The standard InChI is InChI=1S/C18H21N3O4/c1-13(20(2)12-14-7-6-8-15(11-14)25-3)18(22)19-16-9-4-5-10-17(16)21(23)24/h4-11,13H,12H2,1-3H3,(H,19,22)/p+1/t13-/m0/s1. The summed E-state index contributed by atoms with van der Waals surface area (Å²) >= 11 is 0. The van der Waals surface area contributed by atoms with Crippen LogP contribution in [-0.4, -0.2) is 31.0 Å². The van der Waals surface area contributed by atoms with Gasteiger partial charge in [0.25, 0.3) is 11.6 Å². The van der Waals surface area contributed by atoms with Gasteiger partial charge in [0.1, 0.15) is 18.0 Å². The highest BCUT2D eigenvalue weighted by atomic mass is 16.6. The fourth-order valence-corrected chi connectivity index (χ4v) is 2.46. The van der Waals surface area contributed by atoms with Crippen LogP contribution in [-0.2, 0) is 11.3 Å². The molecule has 1 amide bonds. The average Bonchev–Trinajstić information content (AvgIpc) is 2.61. The number of carbonyl (C=O) groups is 1. The molecule has 0 aromatic heterocycles. The Balaban J connectivity index is 2.05. The summed E-state index contributed by atoms with van der Waals surface area (Å²) in [4.78, 5) is 24.0. The number of quaternary nitrogens is 1. The van der Waals surface area contributed by atoms with Crippen molar-refractivity contribution in [1.29, 1.82) is 0 Å². The zero-order valence-corrected chi connectivity index (χ0v) is 14.5. The number of nitro benzene ring substituents is 1. The predicted molar refractivity (Wildman–Crippen MR) is 94.8 cm³/mol. The second-order valence-corrected chi connectivity index (χ2v) is 5.86. The molecule has 0 aliphatic heterocycles. The molecule has 0 heterocycles. The number of carbonyl (C=O) groups excluding carboxylic acids is 1. The maximum Gasteiger partial charge on any atom is 0.292 e. The molecule has 0 saturated carbocycles. The van der Waals surface area contributed by atoms with E-state index in [4.69, 9.17) is 4.74 Å². The summed E-state index contributed by atoms with van der Waals surface area (Å²) in [6.45, 7) is 2.42. The number of nitrogens with one attached hydrogen (secondary N) is 2. The molecule has 2 atom stereocenters. The Hall–Kier alpha value is -2.93. The third-order valence-electron chi connectivity index (χ3n) is 4.11. The SMILES string of the molecule is COc1cccc(C[NH+](C)[C@@H](C)C(=O)Nc2ccccc2[N+](=O)[O-])c1. The first kappa shape index (κ1) is 18.4.